The van der Waals surface area contributed by atoms with Crippen molar-refractivity contribution in [2.24, 2.45) is 5.92 Å². The fourth-order valence-corrected chi connectivity index (χ4v) is 3.55. The van der Waals surface area contributed by atoms with E-state index in [4.69, 9.17) is 5.73 Å². The highest BCUT2D eigenvalue weighted by molar-refractivity contribution is 7.89. The van der Waals surface area contributed by atoms with E-state index in [1.807, 2.05) is 6.92 Å². The van der Waals surface area contributed by atoms with Crippen molar-refractivity contribution >= 4 is 27.3 Å². The zero-order valence-corrected chi connectivity index (χ0v) is 14.8. The van der Waals surface area contributed by atoms with Crippen molar-refractivity contribution in [2.45, 2.75) is 24.7 Å². The minimum Gasteiger partial charge on any atom is -0.399 e. The third-order valence-electron chi connectivity index (χ3n) is 4.19. The van der Waals surface area contributed by atoms with Crippen molar-refractivity contribution in [1.82, 2.24) is 4.72 Å². The molecule has 0 heterocycles. The fraction of sp³-hybridized carbons (Fsp3) is 0.278. The highest BCUT2D eigenvalue weighted by Gasteiger charge is 2.24. The summed E-state index contributed by atoms with van der Waals surface area (Å²) >= 11 is 0. The van der Waals surface area contributed by atoms with Crippen molar-refractivity contribution in [3.8, 4) is 0 Å². The molecule has 25 heavy (non-hydrogen) atoms. The van der Waals surface area contributed by atoms with Gasteiger partial charge < -0.3 is 11.1 Å². The first-order valence-electron chi connectivity index (χ1n) is 8.12. The number of rotatable bonds is 6. The maximum absolute atomic E-state index is 12.4. The first-order valence-corrected chi connectivity index (χ1v) is 9.61. The maximum Gasteiger partial charge on any atom is 0.256 e. The van der Waals surface area contributed by atoms with Crippen LogP contribution >= 0.6 is 0 Å². The number of sulfonamides is 1. The molecule has 0 bridgehead atoms. The van der Waals surface area contributed by atoms with Gasteiger partial charge in [-0.2, -0.15) is 0 Å². The number of anilines is 2. The van der Waals surface area contributed by atoms with Gasteiger partial charge in [0.05, 0.1) is 4.90 Å². The Labute approximate surface area is 147 Å². The second kappa shape index (κ2) is 6.85. The summed E-state index contributed by atoms with van der Waals surface area (Å²) in [4.78, 5) is 12.5. The second-order valence-corrected chi connectivity index (χ2v) is 8.12. The molecule has 0 unspecified atom stereocenters. The second-order valence-electron chi connectivity index (χ2n) is 6.35. The first-order chi connectivity index (χ1) is 11.8. The molecule has 2 aromatic carbocycles. The molecule has 7 heteroatoms. The summed E-state index contributed by atoms with van der Waals surface area (Å²) in [7, 11) is -3.50. The van der Waals surface area contributed by atoms with E-state index in [2.05, 4.69) is 10.0 Å². The number of aryl methyl sites for hydroxylation is 1. The van der Waals surface area contributed by atoms with Crippen molar-refractivity contribution in [1.29, 1.82) is 0 Å². The maximum atomic E-state index is 12.4. The van der Waals surface area contributed by atoms with Gasteiger partial charge in [-0.3, -0.25) is 4.79 Å². The highest BCUT2D eigenvalue weighted by atomic mass is 32.2. The van der Waals surface area contributed by atoms with Crippen LogP contribution < -0.4 is 15.8 Å². The minimum absolute atomic E-state index is 0.186. The molecule has 0 saturated heterocycles. The van der Waals surface area contributed by atoms with Crippen LogP contribution in [0.2, 0.25) is 0 Å². The van der Waals surface area contributed by atoms with Crippen LogP contribution in [0.3, 0.4) is 0 Å². The molecule has 0 radical (unpaired) electrons. The molecule has 4 N–H and O–H groups in total. The van der Waals surface area contributed by atoms with E-state index >= 15 is 0 Å². The smallest absolute Gasteiger partial charge is 0.256 e. The van der Waals surface area contributed by atoms with Gasteiger partial charge in [0.1, 0.15) is 0 Å². The summed E-state index contributed by atoms with van der Waals surface area (Å²) in [5.74, 6) is 0.183. The molecule has 1 amide bonds. The zero-order chi connectivity index (χ0) is 18.0. The number of nitrogens with two attached hydrogens (primary N) is 1. The van der Waals surface area contributed by atoms with Crippen LogP contribution in [0.4, 0.5) is 11.4 Å². The van der Waals surface area contributed by atoms with Gasteiger partial charge in [-0.1, -0.05) is 6.07 Å². The number of hydrogen-bond acceptors (Lipinski definition) is 4. The average Bonchev–Trinajstić information content (AvgIpc) is 3.40. The van der Waals surface area contributed by atoms with E-state index in [-0.39, 0.29) is 10.8 Å². The highest BCUT2D eigenvalue weighted by Crippen LogP contribution is 2.28. The average molecular weight is 359 g/mol. The van der Waals surface area contributed by atoms with Crippen LogP contribution in [0, 0.1) is 12.8 Å². The molecule has 1 aliphatic carbocycles. The Morgan fingerprint density at radius 2 is 1.84 bits per heavy atom. The van der Waals surface area contributed by atoms with Crippen molar-refractivity contribution in [3.63, 3.8) is 0 Å². The SMILES string of the molecule is Cc1ccc(N)cc1C(=O)Nc1ccc(S(=O)(=O)NCC2CC2)cc1. The molecule has 0 aromatic heterocycles. The molecule has 2 aromatic rings. The molecule has 1 saturated carbocycles. The summed E-state index contributed by atoms with van der Waals surface area (Å²) < 4.78 is 27.0. The largest absolute Gasteiger partial charge is 0.399 e. The molecule has 3 rings (SSSR count). The Morgan fingerprint density at radius 3 is 2.48 bits per heavy atom. The monoisotopic (exact) mass is 359 g/mol. The Hall–Kier alpha value is -2.38. The lowest BCUT2D eigenvalue weighted by Gasteiger charge is -2.10. The lowest BCUT2D eigenvalue weighted by molar-refractivity contribution is 0.102. The summed E-state index contributed by atoms with van der Waals surface area (Å²) in [6.45, 7) is 2.31. The minimum atomic E-state index is -3.50. The number of benzene rings is 2. The molecular weight excluding hydrogens is 338 g/mol. The molecule has 0 atom stereocenters. The van der Waals surface area contributed by atoms with E-state index < -0.39 is 10.0 Å². The number of nitrogen functional groups attached to an aromatic ring is 1. The fourth-order valence-electron chi connectivity index (χ4n) is 2.43. The number of carbonyl (C=O) groups is 1. The Kier molecular flexibility index (Phi) is 4.78. The van der Waals surface area contributed by atoms with Crippen LogP contribution in [0.15, 0.2) is 47.4 Å². The van der Waals surface area contributed by atoms with Gasteiger partial charge in [-0.05, 0) is 67.6 Å². The van der Waals surface area contributed by atoms with Gasteiger partial charge in [0, 0.05) is 23.5 Å². The third-order valence-corrected chi connectivity index (χ3v) is 5.63. The number of hydrogen-bond donors (Lipinski definition) is 3. The zero-order valence-electron chi connectivity index (χ0n) is 14.0. The third kappa shape index (κ3) is 4.37. The molecule has 0 spiro atoms. The molecule has 6 nitrogen and oxygen atoms in total. The van der Waals surface area contributed by atoms with Gasteiger partial charge in [0.15, 0.2) is 0 Å². The molecule has 1 aliphatic rings. The molecule has 1 fully saturated rings. The lowest BCUT2D eigenvalue weighted by Crippen LogP contribution is -2.25. The quantitative estimate of drug-likeness (QED) is 0.690. The van der Waals surface area contributed by atoms with E-state index in [0.717, 1.165) is 18.4 Å². The predicted molar refractivity (Wildman–Crippen MR) is 97.9 cm³/mol. The van der Waals surface area contributed by atoms with E-state index in [1.165, 1.54) is 12.1 Å². The van der Waals surface area contributed by atoms with E-state index in [1.54, 1.807) is 30.3 Å². The van der Waals surface area contributed by atoms with Gasteiger partial charge in [0.25, 0.3) is 5.91 Å². The summed E-state index contributed by atoms with van der Waals surface area (Å²) in [6.07, 6.45) is 2.16. The van der Waals surface area contributed by atoms with Gasteiger partial charge in [-0.25, -0.2) is 13.1 Å². The van der Waals surface area contributed by atoms with Gasteiger partial charge in [0.2, 0.25) is 10.0 Å². The Morgan fingerprint density at radius 1 is 1.16 bits per heavy atom. The number of amides is 1. The van der Waals surface area contributed by atoms with Gasteiger partial charge in [-0.15, -0.1) is 0 Å². The molecule has 0 aliphatic heterocycles. The normalized spacial score (nSPS) is 14.3. The Bertz CT molecular complexity index is 888. The Balaban J connectivity index is 1.69. The van der Waals surface area contributed by atoms with Crippen LogP contribution in [0.5, 0.6) is 0 Å². The summed E-state index contributed by atoms with van der Waals surface area (Å²) in [5.41, 5.74) is 8.06. The van der Waals surface area contributed by atoms with Crippen LogP contribution in [-0.4, -0.2) is 20.9 Å². The van der Waals surface area contributed by atoms with Crippen LogP contribution in [0.1, 0.15) is 28.8 Å². The van der Waals surface area contributed by atoms with Gasteiger partial charge >= 0.3 is 0 Å². The summed E-state index contributed by atoms with van der Waals surface area (Å²) in [5, 5.41) is 2.76. The topological polar surface area (TPSA) is 101 Å². The lowest BCUT2D eigenvalue weighted by atomic mass is 10.1. The van der Waals surface area contributed by atoms with Crippen molar-refractivity contribution in [2.75, 3.05) is 17.6 Å². The predicted octanol–water partition coefficient (Wildman–Crippen LogP) is 2.52. The standard InChI is InChI=1S/C18H21N3O3S/c1-12-2-5-14(19)10-17(12)18(22)21-15-6-8-16(9-7-15)25(23,24)20-11-13-3-4-13/h2,5-10,13,20H,3-4,11,19H2,1H3,(H,21,22). The molecule has 132 valence electrons. The summed E-state index contributed by atoms with van der Waals surface area (Å²) in [6, 6.07) is 11.3. The van der Waals surface area contributed by atoms with E-state index in [9.17, 15) is 13.2 Å². The molecular formula is C18H21N3O3S. The van der Waals surface area contributed by atoms with Crippen molar-refractivity contribution in [3.05, 3.63) is 53.6 Å². The number of nitrogens with one attached hydrogen (secondary N) is 2. The van der Waals surface area contributed by atoms with Crippen LogP contribution in [-0.2, 0) is 10.0 Å². The van der Waals surface area contributed by atoms with E-state index in [0.29, 0.717) is 29.4 Å². The number of carbonyl (C=O) groups excluding carboxylic acids is 1. The van der Waals surface area contributed by atoms with Crippen molar-refractivity contribution < 1.29 is 13.2 Å². The van der Waals surface area contributed by atoms with Crippen LogP contribution in [0.25, 0.3) is 0 Å². The first kappa shape index (κ1) is 17.4.